The highest BCUT2D eigenvalue weighted by atomic mass is 16.7. The summed E-state index contributed by atoms with van der Waals surface area (Å²) in [6.45, 7) is 8.22. The summed E-state index contributed by atoms with van der Waals surface area (Å²) in [5.41, 5.74) is 4.65. The van der Waals surface area contributed by atoms with Crippen molar-refractivity contribution in [3.8, 4) is 17.3 Å². The van der Waals surface area contributed by atoms with Gasteiger partial charge < -0.3 is 9.47 Å². The molecule has 1 aromatic carbocycles. The molecule has 3 atom stereocenters. The fraction of sp³-hybridized carbons (Fsp3) is 0.583. The smallest absolute Gasteiger partial charge is 0.276 e. The molecule has 3 aromatic rings. The molecule has 0 radical (unpaired) electrons. The maximum Gasteiger partial charge on any atom is 0.276 e. The molecule has 1 spiro atoms. The normalized spacial score (nSPS) is 28.6. The van der Waals surface area contributed by atoms with Crippen LogP contribution in [0.1, 0.15) is 50.1 Å². The van der Waals surface area contributed by atoms with Crippen molar-refractivity contribution in [3.05, 3.63) is 41.2 Å². The molecular formula is C24H30N6O2. The Kier molecular flexibility index (Phi) is 4.36. The first-order chi connectivity index (χ1) is 15.4. The van der Waals surface area contributed by atoms with Crippen molar-refractivity contribution in [1.29, 1.82) is 0 Å². The second-order valence-electron chi connectivity index (χ2n) is 9.82. The van der Waals surface area contributed by atoms with Crippen molar-refractivity contribution in [1.82, 2.24) is 29.8 Å². The number of hydrogen-bond donors (Lipinski definition) is 0. The number of tetrazole rings is 1. The Morgan fingerprint density at radius 1 is 1.12 bits per heavy atom. The van der Waals surface area contributed by atoms with E-state index in [2.05, 4.69) is 65.0 Å². The largest absolute Gasteiger partial charge is 0.347 e. The van der Waals surface area contributed by atoms with E-state index in [0.717, 1.165) is 37.1 Å². The monoisotopic (exact) mass is 434 g/mol. The van der Waals surface area contributed by atoms with Gasteiger partial charge in [0.2, 0.25) is 0 Å². The highest BCUT2D eigenvalue weighted by molar-refractivity contribution is 5.64. The zero-order chi connectivity index (χ0) is 22.1. The third-order valence-corrected chi connectivity index (χ3v) is 8.17. The summed E-state index contributed by atoms with van der Waals surface area (Å²) < 4.78 is 14.5. The van der Waals surface area contributed by atoms with Crippen molar-refractivity contribution in [2.75, 3.05) is 13.2 Å². The first-order valence-corrected chi connectivity index (χ1v) is 11.6. The lowest BCUT2D eigenvalue weighted by atomic mass is 9.55. The van der Waals surface area contributed by atoms with Crippen LogP contribution in [0.4, 0.5) is 0 Å². The summed E-state index contributed by atoms with van der Waals surface area (Å²) in [7, 11) is 1.80. The first-order valence-electron chi connectivity index (χ1n) is 11.6. The number of aromatic nitrogens is 6. The van der Waals surface area contributed by atoms with Crippen molar-refractivity contribution < 1.29 is 9.47 Å². The molecule has 3 aliphatic rings. The summed E-state index contributed by atoms with van der Waals surface area (Å²) >= 11 is 0. The van der Waals surface area contributed by atoms with Crippen LogP contribution in [-0.2, 0) is 28.4 Å². The maximum absolute atomic E-state index is 6.18. The third kappa shape index (κ3) is 2.69. The van der Waals surface area contributed by atoms with Crippen LogP contribution in [0.3, 0.4) is 0 Å². The molecule has 1 aliphatic heterocycles. The van der Waals surface area contributed by atoms with E-state index in [1.807, 2.05) is 0 Å². The van der Waals surface area contributed by atoms with Crippen molar-refractivity contribution in [3.63, 3.8) is 0 Å². The molecule has 0 N–H and O–H groups in total. The van der Waals surface area contributed by atoms with Gasteiger partial charge in [0, 0.05) is 29.0 Å². The lowest BCUT2D eigenvalue weighted by Crippen LogP contribution is -2.55. The Balaban J connectivity index is 1.53. The highest BCUT2D eigenvalue weighted by Gasteiger charge is 2.58. The summed E-state index contributed by atoms with van der Waals surface area (Å²) in [4.78, 5) is 6.85. The molecule has 1 saturated heterocycles. The lowest BCUT2D eigenvalue weighted by Gasteiger charge is -2.53. The number of fused-ring (bicyclic) bond motifs is 3. The van der Waals surface area contributed by atoms with E-state index in [9.17, 15) is 0 Å². The molecule has 8 heteroatoms. The second-order valence-corrected chi connectivity index (χ2v) is 9.82. The minimum absolute atomic E-state index is 0.0432. The predicted octanol–water partition coefficient (Wildman–Crippen LogP) is 3.36. The van der Waals surface area contributed by atoms with Crippen LogP contribution >= 0.6 is 0 Å². The quantitative estimate of drug-likeness (QED) is 0.615. The van der Waals surface area contributed by atoms with Gasteiger partial charge in [0.15, 0.2) is 5.79 Å². The molecule has 8 nitrogen and oxygen atoms in total. The van der Waals surface area contributed by atoms with Gasteiger partial charge in [-0.25, -0.2) is 4.98 Å². The average molecular weight is 435 g/mol. The molecule has 0 bridgehead atoms. The first kappa shape index (κ1) is 20.1. The SMILES string of the molecule is Cc1ccccc1-c1nc2c(n1-c1nnn(C)n1)CC[C@H]1[C@H](C)C3(CC[C@]21C)OCCO3. The van der Waals surface area contributed by atoms with E-state index in [0.29, 0.717) is 31.0 Å². The van der Waals surface area contributed by atoms with Crippen LogP contribution in [0, 0.1) is 18.8 Å². The van der Waals surface area contributed by atoms with Gasteiger partial charge in [0.05, 0.1) is 26.0 Å². The Morgan fingerprint density at radius 3 is 2.62 bits per heavy atom. The van der Waals surface area contributed by atoms with Crippen LogP contribution in [0.5, 0.6) is 0 Å². The van der Waals surface area contributed by atoms with Gasteiger partial charge in [-0.05, 0) is 42.9 Å². The van der Waals surface area contributed by atoms with E-state index in [4.69, 9.17) is 14.5 Å². The van der Waals surface area contributed by atoms with Crippen LogP contribution in [0.25, 0.3) is 17.3 Å². The number of ether oxygens (including phenoxy) is 2. The summed E-state index contributed by atoms with van der Waals surface area (Å²) in [5.74, 6) is 1.84. The van der Waals surface area contributed by atoms with Crippen molar-refractivity contribution in [2.24, 2.45) is 18.9 Å². The molecule has 2 fully saturated rings. The van der Waals surface area contributed by atoms with Crippen LogP contribution in [-0.4, -0.2) is 48.8 Å². The minimum Gasteiger partial charge on any atom is -0.347 e. The Labute approximate surface area is 187 Å². The molecule has 0 unspecified atom stereocenters. The summed E-state index contributed by atoms with van der Waals surface area (Å²) in [6, 6.07) is 8.39. The molecule has 0 amide bonds. The Bertz CT molecular complexity index is 1180. The minimum atomic E-state index is -0.421. The van der Waals surface area contributed by atoms with Gasteiger partial charge in [0.25, 0.3) is 5.95 Å². The Morgan fingerprint density at radius 2 is 1.91 bits per heavy atom. The fourth-order valence-electron chi connectivity index (χ4n) is 6.46. The lowest BCUT2D eigenvalue weighted by molar-refractivity contribution is -0.234. The van der Waals surface area contributed by atoms with Crippen molar-refractivity contribution in [2.45, 2.75) is 57.7 Å². The van der Waals surface area contributed by atoms with Gasteiger partial charge >= 0.3 is 0 Å². The molecule has 2 aromatic heterocycles. The molecule has 1 saturated carbocycles. The maximum atomic E-state index is 6.18. The summed E-state index contributed by atoms with van der Waals surface area (Å²) in [5, 5.41) is 13.0. The zero-order valence-corrected chi connectivity index (χ0v) is 19.2. The van der Waals surface area contributed by atoms with Gasteiger partial charge in [0.1, 0.15) is 5.82 Å². The van der Waals surface area contributed by atoms with Gasteiger partial charge in [-0.3, -0.25) is 4.57 Å². The molecule has 3 heterocycles. The average Bonchev–Trinajstić information content (AvgIpc) is 3.51. The highest BCUT2D eigenvalue weighted by Crippen LogP contribution is 2.57. The van der Waals surface area contributed by atoms with E-state index >= 15 is 0 Å². The number of nitrogens with zero attached hydrogens (tertiary/aromatic N) is 6. The summed E-state index contributed by atoms with van der Waals surface area (Å²) in [6.07, 6.45) is 3.88. The second kappa shape index (κ2) is 6.96. The third-order valence-electron chi connectivity index (χ3n) is 8.17. The Hall–Kier alpha value is -2.58. The van der Waals surface area contributed by atoms with Gasteiger partial charge in [-0.15, -0.1) is 5.10 Å². The number of benzene rings is 1. The number of hydrogen-bond acceptors (Lipinski definition) is 6. The fourth-order valence-corrected chi connectivity index (χ4v) is 6.46. The molecule has 168 valence electrons. The number of aryl methyl sites for hydroxylation is 2. The number of rotatable bonds is 2. The van der Waals surface area contributed by atoms with E-state index in [-0.39, 0.29) is 5.41 Å². The van der Waals surface area contributed by atoms with E-state index < -0.39 is 5.79 Å². The molecule has 2 aliphatic carbocycles. The molecule has 6 rings (SSSR count). The molecule has 32 heavy (non-hydrogen) atoms. The van der Waals surface area contributed by atoms with Crippen molar-refractivity contribution >= 4 is 0 Å². The standard InChI is InChI=1S/C24H30N6O2/c1-15-7-5-6-8-17(15)21-25-20-19(30(21)22-26-28-29(4)27-22)10-9-18-16(2)24(31-13-14-32-24)12-11-23(18,20)3/h5-8,16,18H,9-14H2,1-4H3/t16-,18-,23-/m0/s1. The van der Waals surface area contributed by atoms with Crippen LogP contribution in [0.15, 0.2) is 24.3 Å². The van der Waals surface area contributed by atoms with Gasteiger partial charge in [-0.2, -0.15) is 4.80 Å². The topological polar surface area (TPSA) is 79.9 Å². The predicted molar refractivity (Wildman–Crippen MR) is 118 cm³/mol. The van der Waals surface area contributed by atoms with Gasteiger partial charge in [-0.1, -0.05) is 43.2 Å². The molecular weight excluding hydrogens is 404 g/mol. The van der Waals surface area contributed by atoms with E-state index in [1.54, 1.807) is 7.05 Å². The zero-order valence-electron chi connectivity index (χ0n) is 19.2. The van der Waals surface area contributed by atoms with Crippen LogP contribution < -0.4 is 0 Å². The van der Waals surface area contributed by atoms with E-state index in [1.165, 1.54) is 21.7 Å². The van der Waals surface area contributed by atoms with Crippen LogP contribution in [0.2, 0.25) is 0 Å². The number of imidazole rings is 1.